The Balaban J connectivity index is 1.33. The third kappa shape index (κ3) is 5.66. The number of benzene rings is 1. The second-order valence-electron chi connectivity index (χ2n) is 8.20. The number of hydrogen-bond donors (Lipinski definition) is 0. The van der Waals surface area contributed by atoms with Gasteiger partial charge in [-0.3, -0.25) is 4.79 Å². The molecule has 7 nitrogen and oxygen atoms in total. The Morgan fingerprint density at radius 3 is 2.38 bits per heavy atom. The molecule has 172 valence electrons. The molecule has 0 spiro atoms. The van der Waals surface area contributed by atoms with E-state index in [1.165, 1.54) is 23.0 Å². The number of amides is 1. The Hall–Kier alpha value is -2.03. The topological polar surface area (TPSA) is 55.8 Å². The molecular formula is C23H31ClN6OS. The quantitative estimate of drug-likeness (QED) is 0.362. The molecule has 0 radical (unpaired) electrons. The first-order chi connectivity index (χ1) is 15.5. The molecule has 3 heterocycles. The molecule has 0 N–H and O–H groups in total. The van der Waals surface area contributed by atoms with Crippen LogP contribution in [0.1, 0.15) is 12.5 Å². The number of halogens is 1. The summed E-state index contributed by atoms with van der Waals surface area (Å²) in [5.41, 5.74) is 2.59. The molecule has 0 aliphatic carbocycles. The van der Waals surface area contributed by atoms with Crippen molar-refractivity contribution in [2.45, 2.75) is 19.0 Å². The Kier molecular flexibility index (Phi) is 7.75. The number of rotatable bonds is 6. The summed E-state index contributed by atoms with van der Waals surface area (Å²) >= 11 is 7.68. The monoisotopic (exact) mass is 474 g/mol. The first-order valence-electron chi connectivity index (χ1n) is 11.3. The standard InChI is InChI=1S/C23H31ClN6OS/c1-3-27-8-10-30(11-9-27)22(31)17-32-23-25-20(24)16-21(26-23)29-14-12-28(13-15-29)19-7-5-4-6-18(19)2/h4-7,16H,3,8-15,17H2,1-2H3. The Morgan fingerprint density at radius 2 is 1.69 bits per heavy atom. The van der Waals surface area contributed by atoms with Crippen LogP contribution in [0.15, 0.2) is 35.5 Å². The van der Waals surface area contributed by atoms with Crippen LogP contribution in [0.5, 0.6) is 0 Å². The van der Waals surface area contributed by atoms with Crippen LogP contribution in [0.4, 0.5) is 11.5 Å². The van der Waals surface area contributed by atoms with Gasteiger partial charge >= 0.3 is 0 Å². The summed E-state index contributed by atoms with van der Waals surface area (Å²) in [7, 11) is 0. The third-order valence-corrected chi connectivity index (χ3v) is 7.24. The van der Waals surface area contributed by atoms with Gasteiger partial charge in [0.25, 0.3) is 0 Å². The number of anilines is 2. The Bertz CT molecular complexity index is 928. The highest BCUT2D eigenvalue weighted by atomic mass is 35.5. The molecule has 2 aliphatic rings. The van der Waals surface area contributed by atoms with E-state index in [0.29, 0.717) is 16.1 Å². The second kappa shape index (κ2) is 10.7. The Morgan fingerprint density at radius 1 is 1.00 bits per heavy atom. The molecule has 0 saturated carbocycles. The third-order valence-electron chi connectivity index (χ3n) is 6.22. The predicted octanol–water partition coefficient (Wildman–Crippen LogP) is 3.02. The van der Waals surface area contributed by atoms with E-state index < -0.39 is 0 Å². The normalized spacial score (nSPS) is 17.7. The van der Waals surface area contributed by atoms with Gasteiger partial charge in [0.15, 0.2) is 5.16 Å². The van der Waals surface area contributed by atoms with Crippen LogP contribution in [0.2, 0.25) is 5.15 Å². The van der Waals surface area contributed by atoms with Crippen molar-refractivity contribution in [3.8, 4) is 0 Å². The summed E-state index contributed by atoms with van der Waals surface area (Å²) in [6, 6.07) is 10.3. The summed E-state index contributed by atoms with van der Waals surface area (Å²) in [5.74, 6) is 1.32. The Labute approximate surface area is 199 Å². The van der Waals surface area contributed by atoms with Gasteiger partial charge in [-0.1, -0.05) is 48.5 Å². The molecule has 9 heteroatoms. The molecule has 2 saturated heterocycles. The van der Waals surface area contributed by atoms with E-state index in [4.69, 9.17) is 16.6 Å². The fraction of sp³-hybridized carbons (Fsp3) is 0.522. The minimum atomic E-state index is 0.141. The van der Waals surface area contributed by atoms with Gasteiger partial charge in [0.05, 0.1) is 5.75 Å². The van der Waals surface area contributed by atoms with Gasteiger partial charge in [0.2, 0.25) is 5.91 Å². The number of likely N-dealkylation sites (N-methyl/N-ethyl adjacent to an activating group) is 1. The van der Waals surface area contributed by atoms with Crippen LogP contribution >= 0.6 is 23.4 Å². The van der Waals surface area contributed by atoms with Crippen LogP contribution in [0.3, 0.4) is 0 Å². The van der Waals surface area contributed by atoms with Crippen molar-refractivity contribution < 1.29 is 4.79 Å². The average molecular weight is 475 g/mol. The summed E-state index contributed by atoms with van der Waals surface area (Å²) in [6.45, 7) is 12.4. The molecule has 2 aliphatic heterocycles. The molecule has 0 atom stereocenters. The molecule has 32 heavy (non-hydrogen) atoms. The zero-order chi connectivity index (χ0) is 22.5. The van der Waals surface area contributed by atoms with E-state index in [1.807, 2.05) is 11.0 Å². The number of aromatic nitrogens is 2. The van der Waals surface area contributed by atoms with Crippen molar-refractivity contribution in [2.75, 3.05) is 74.5 Å². The van der Waals surface area contributed by atoms with Crippen LogP contribution < -0.4 is 9.80 Å². The van der Waals surface area contributed by atoms with E-state index in [-0.39, 0.29) is 5.91 Å². The number of aryl methyl sites for hydroxylation is 1. The van der Waals surface area contributed by atoms with E-state index in [9.17, 15) is 4.79 Å². The molecule has 1 amide bonds. The highest BCUT2D eigenvalue weighted by Gasteiger charge is 2.22. The summed E-state index contributed by atoms with van der Waals surface area (Å²) in [6.07, 6.45) is 0. The maximum atomic E-state index is 12.6. The average Bonchev–Trinajstić information content (AvgIpc) is 2.83. The minimum absolute atomic E-state index is 0.141. The molecule has 2 aromatic rings. The highest BCUT2D eigenvalue weighted by molar-refractivity contribution is 7.99. The molecule has 4 rings (SSSR count). The van der Waals surface area contributed by atoms with Crippen molar-refractivity contribution in [1.29, 1.82) is 0 Å². The zero-order valence-electron chi connectivity index (χ0n) is 18.8. The molecule has 0 bridgehead atoms. The molecule has 1 aromatic carbocycles. The van der Waals surface area contributed by atoms with Gasteiger partial charge < -0.3 is 19.6 Å². The predicted molar refractivity (Wildman–Crippen MR) is 132 cm³/mol. The molecule has 2 fully saturated rings. The van der Waals surface area contributed by atoms with Crippen LogP contribution in [0.25, 0.3) is 0 Å². The minimum Gasteiger partial charge on any atom is -0.368 e. The number of nitrogens with zero attached hydrogens (tertiary/aromatic N) is 6. The van der Waals surface area contributed by atoms with Crippen LogP contribution in [0, 0.1) is 6.92 Å². The maximum Gasteiger partial charge on any atom is 0.233 e. The van der Waals surface area contributed by atoms with Gasteiger partial charge in [-0.15, -0.1) is 0 Å². The van der Waals surface area contributed by atoms with Gasteiger partial charge in [-0.25, -0.2) is 9.97 Å². The lowest BCUT2D eigenvalue weighted by molar-refractivity contribution is -0.130. The first kappa shape index (κ1) is 23.1. The number of thioether (sulfide) groups is 1. The second-order valence-corrected chi connectivity index (χ2v) is 9.53. The highest BCUT2D eigenvalue weighted by Crippen LogP contribution is 2.25. The molecule has 1 aromatic heterocycles. The van der Waals surface area contributed by atoms with Crippen LogP contribution in [-0.2, 0) is 4.79 Å². The van der Waals surface area contributed by atoms with E-state index in [2.05, 4.69) is 57.8 Å². The van der Waals surface area contributed by atoms with Crippen molar-refractivity contribution >= 4 is 40.8 Å². The smallest absolute Gasteiger partial charge is 0.233 e. The number of hydrogen-bond acceptors (Lipinski definition) is 7. The zero-order valence-corrected chi connectivity index (χ0v) is 20.4. The maximum absolute atomic E-state index is 12.6. The fourth-order valence-corrected chi connectivity index (χ4v) is 5.22. The summed E-state index contributed by atoms with van der Waals surface area (Å²) < 4.78 is 0. The fourth-order valence-electron chi connectivity index (χ4n) is 4.24. The van der Waals surface area contributed by atoms with Gasteiger partial charge in [-0.2, -0.15) is 0 Å². The largest absolute Gasteiger partial charge is 0.368 e. The van der Waals surface area contributed by atoms with E-state index >= 15 is 0 Å². The van der Waals surface area contributed by atoms with Gasteiger partial charge in [0, 0.05) is 64.1 Å². The van der Waals surface area contributed by atoms with Crippen molar-refractivity contribution in [3.63, 3.8) is 0 Å². The van der Waals surface area contributed by atoms with Crippen molar-refractivity contribution in [1.82, 2.24) is 19.8 Å². The number of carbonyl (C=O) groups excluding carboxylic acids is 1. The van der Waals surface area contributed by atoms with Crippen LogP contribution in [-0.4, -0.2) is 90.3 Å². The van der Waals surface area contributed by atoms with Gasteiger partial charge in [0.1, 0.15) is 11.0 Å². The number of para-hydroxylation sites is 1. The van der Waals surface area contributed by atoms with Gasteiger partial charge in [-0.05, 0) is 25.1 Å². The lowest BCUT2D eigenvalue weighted by Gasteiger charge is -2.37. The lowest BCUT2D eigenvalue weighted by atomic mass is 10.1. The molecular weight excluding hydrogens is 444 g/mol. The number of carbonyl (C=O) groups is 1. The lowest BCUT2D eigenvalue weighted by Crippen LogP contribution is -2.49. The molecule has 0 unspecified atom stereocenters. The SMILES string of the molecule is CCN1CCN(C(=O)CSc2nc(Cl)cc(N3CCN(c4ccccc4C)CC3)n2)CC1. The van der Waals surface area contributed by atoms with Crippen molar-refractivity contribution in [2.24, 2.45) is 0 Å². The summed E-state index contributed by atoms with van der Waals surface area (Å²) in [4.78, 5) is 30.6. The van der Waals surface area contributed by atoms with E-state index in [0.717, 1.165) is 64.7 Å². The van der Waals surface area contributed by atoms with E-state index in [1.54, 1.807) is 0 Å². The summed E-state index contributed by atoms with van der Waals surface area (Å²) in [5, 5.41) is 0.984. The number of piperazine rings is 2. The first-order valence-corrected chi connectivity index (χ1v) is 12.6. The van der Waals surface area contributed by atoms with Crippen molar-refractivity contribution in [3.05, 3.63) is 41.0 Å².